The van der Waals surface area contributed by atoms with Crippen LogP contribution in [0.3, 0.4) is 0 Å². The van der Waals surface area contributed by atoms with Gasteiger partial charge in [-0.2, -0.15) is 0 Å². The molecule has 0 amide bonds. The fourth-order valence-corrected chi connectivity index (χ4v) is 1.98. The zero-order valence-electron chi connectivity index (χ0n) is 8.21. The van der Waals surface area contributed by atoms with Crippen molar-refractivity contribution in [3.8, 4) is 0 Å². The molecule has 1 unspecified atom stereocenters. The molecule has 3 nitrogen and oxygen atoms in total. The maximum absolute atomic E-state index is 5.67. The van der Waals surface area contributed by atoms with Gasteiger partial charge in [0.2, 0.25) is 0 Å². The molecule has 0 radical (unpaired) electrons. The van der Waals surface area contributed by atoms with E-state index in [1.54, 1.807) is 0 Å². The van der Waals surface area contributed by atoms with Gasteiger partial charge in [-0.1, -0.05) is 0 Å². The second kappa shape index (κ2) is 4.80. The molecule has 0 bridgehead atoms. The van der Waals surface area contributed by atoms with Gasteiger partial charge >= 0.3 is 0 Å². The van der Waals surface area contributed by atoms with Gasteiger partial charge in [0.15, 0.2) is 0 Å². The van der Waals surface area contributed by atoms with E-state index in [2.05, 4.69) is 17.3 Å². The molecule has 3 N–H and O–H groups in total. The summed E-state index contributed by atoms with van der Waals surface area (Å²) < 4.78 is 0. The smallest absolute Gasteiger partial charge is 0.0216 e. The highest BCUT2D eigenvalue weighted by Crippen LogP contribution is 2.18. The number of likely N-dealkylation sites (tertiary alicyclic amines) is 1. The van der Waals surface area contributed by atoms with Gasteiger partial charge in [-0.05, 0) is 45.9 Å². The van der Waals surface area contributed by atoms with Crippen LogP contribution in [0, 0.1) is 5.92 Å². The Morgan fingerprint density at radius 2 is 2.08 bits per heavy atom. The Morgan fingerprint density at radius 3 is 2.50 bits per heavy atom. The van der Waals surface area contributed by atoms with E-state index < -0.39 is 0 Å². The third-order valence-electron chi connectivity index (χ3n) is 2.96. The van der Waals surface area contributed by atoms with E-state index in [0.717, 1.165) is 12.5 Å². The van der Waals surface area contributed by atoms with Crippen LogP contribution in [-0.2, 0) is 0 Å². The fourth-order valence-electron chi connectivity index (χ4n) is 1.98. The monoisotopic (exact) mass is 171 g/mol. The third kappa shape index (κ3) is 2.44. The van der Waals surface area contributed by atoms with Gasteiger partial charge in [-0.15, -0.1) is 0 Å². The van der Waals surface area contributed by atoms with E-state index in [-0.39, 0.29) is 0 Å². The maximum atomic E-state index is 5.67. The van der Waals surface area contributed by atoms with Gasteiger partial charge in [0, 0.05) is 12.6 Å². The van der Waals surface area contributed by atoms with Crippen LogP contribution in [0.5, 0.6) is 0 Å². The average molecular weight is 171 g/mol. The summed E-state index contributed by atoms with van der Waals surface area (Å²) in [5.74, 6) is 0.788. The number of hydrogen-bond acceptors (Lipinski definition) is 3. The number of rotatable bonds is 3. The first-order chi connectivity index (χ1) is 5.77. The molecular formula is C9H21N3. The number of hydrogen-bond donors (Lipinski definition) is 2. The molecule has 12 heavy (non-hydrogen) atoms. The largest absolute Gasteiger partial charge is 0.329 e. The topological polar surface area (TPSA) is 41.3 Å². The minimum absolute atomic E-state index is 0.527. The van der Waals surface area contributed by atoms with Crippen molar-refractivity contribution in [1.82, 2.24) is 10.2 Å². The van der Waals surface area contributed by atoms with Crippen LogP contribution in [0.15, 0.2) is 0 Å². The summed E-state index contributed by atoms with van der Waals surface area (Å²) in [6, 6.07) is 0.527. The van der Waals surface area contributed by atoms with Crippen molar-refractivity contribution in [2.75, 3.05) is 33.7 Å². The molecule has 1 atom stereocenters. The Labute approximate surface area is 75.3 Å². The third-order valence-corrected chi connectivity index (χ3v) is 2.96. The second-order valence-corrected chi connectivity index (χ2v) is 3.77. The Bertz CT molecular complexity index is 115. The second-order valence-electron chi connectivity index (χ2n) is 3.77. The Kier molecular flexibility index (Phi) is 3.98. The van der Waals surface area contributed by atoms with Crippen LogP contribution in [0.1, 0.15) is 12.8 Å². The number of nitrogens with zero attached hydrogens (tertiary/aromatic N) is 1. The molecule has 72 valence electrons. The van der Waals surface area contributed by atoms with E-state index in [0.29, 0.717) is 6.04 Å². The van der Waals surface area contributed by atoms with Crippen LogP contribution in [0.25, 0.3) is 0 Å². The summed E-state index contributed by atoms with van der Waals surface area (Å²) in [5, 5.41) is 3.29. The highest BCUT2D eigenvalue weighted by molar-refractivity contribution is 4.80. The van der Waals surface area contributed by atoms with E-state index >= 15 is 0 Å². The van der Waals surface area contributed by atoms with Crippen molar-refractivity contribution in [2.24, 2.45) is 11.7 Å². The van der Waals surface area contributed by atoms with E-state index in [4.69, 9.17) is 5.73 Å². The maximum Gasteiger partial charge on any atom is 0.0216 e. The van der Waals surface area contributed by atoms with Gasteiger partial charge < -0.3 is 16.0 Å². The first-order valence-corrected chi connectivity index (χ1v) is 4.83. The van der Waals surface area contributed by atoms with Crippen molar-refractivity contribution >= 4 is 0 Å². The number of likely N-dealkylation sites (N-methyl/N-ethyl adjacent to an activating group) is 1. The minimum atomic E-state index is 0.527. The molecule has 0 spiro atoms. The molecule has 1 heterocycles. The lowest BCUT2D eigenvalue weighted by molar-refractivity contribution is 0.190. The standard InChI is InChI=1S/C9H21N3/c1-11-9(7-10)8-3-5-12(2)6-4-8/h8-9,11H,3-7,10H2,1-2H3. The molecule has 3 heteroatoms. The predicted molar refractivity (Wildman–Crippen MR) is 52.1 cm³/mol. The molecule has 0 aromatic heterocycles. The molecule has 1 aliphatic heterocycles. The zero-order valence-corrected chi connectivity index (χ0v) is 8.21. The zero-order chi connectivity index (χ0) is 8.97. The Hall–Kier alpha value is -0.120. The van der Waals surface area contributed by atoms with Gasteiger partial charge in [0.25, 0.3) is 0 Å². The number of nitrogens with one attached hydrogen (secondary N) is 1. The average Bonchev–Trinajstić information content (AvgIpc) is 2.10. The molecule has 0 aromatic rings. The van der Waals surface area contributed by atoms with Gasteiger partial charge in [0.05, 0.1) is 0 Å². The van der Waals surface area contributed by atoms with Crippen LogP contribution in [0.4, 0.5) is 0 Å². The van der Waals surface area contributed by atoms with Crippen molar-refractivity contribution in [2.45, 2.75) is 18.9 Å². The summed E-state index contributed by atoms with van der Waals surface area (Å²) in [7, 11) is 4.20. The predicted octanol–water partition coefficient (Wildman–Crippen LogP) is -0.125. The van der Waals surface area contributed by atoms with E-state index in [9.17, 15) is 0 Å². The van der Waals surface area contributed by atoms with Crippen molar-refractivity contribution in [1.29, 1.82) is 0 Å². The van der Waals surface area contributed by atoms with Crippen molar-refractivity contribution < 1.29 is 0 Å². The Morgan fingerprint density at radius 1 is 1.50 bits per heavy atom. The Balaban J connectivity index is 2.32. The molecule has 1 fully saturated rings. The molecule has 0 saturated carbocycles. The highest BCUT2D eigenvalue weighted by atomic mass is 15.1. The van der Waals surface area contributed by atoms with Crippen LogP contribution in [0.2, 0.25) is 0 Å². The minimum Gasteiger partial charge on any atom is -0.329 e. The lowest BCUT2D eigenvalue weighted by Crippen LogP contribution is -2.44. The van der Waals surface area contributed by atoms with Gasteiger partial charge in [-0.3, -0.25) is 0 Å². The lowest BCUT2D eigenvalue weighted by Gasteiger charge is -2.33. The number of piperidine rings is 1. The van der Waals surface area contributed by atoms with E-state index in [1.165, 1.54) is 25.9 Å². The summed E-state index contributed by atoms with van der Waals surface area (Å²) in [4.78, 5) is 2.39. The van der Waals surface area contributed by atoms with Gasteiger partial charge in [0.1, 0.15) is 0 Å². The van der Waals surface area contributed by atoms with Gasteiger partial charge in [-0.25, -0.2) is 0 Å². The highest BCUT2D eigenvalue weighted by Gasteiger charge is 2.22. The summed E-state index contributed by atoms with van der Waals surface area (Å²) in [5.41, 5.74) is 5.67. The first kappa shape index (κ1) is 9.96. The SMILES string of the molecule is CNC(CN)C1CCN(C)CC1. The fraction of sp³-hybridized carbons (Fsp3) is 1.00. The normalized spacial score (nSPS) is 24.2. The summed E-state index contributed by atoms with van der Waals surface area (Å²) in [6.07, 6.45) is 2.58. The molecule has 1 aliphatic rings. The molecule has 0 aliphatic carbocycles. The number of nitrogens with two attached hydrogens (primary N) is 1. The van der Waals surface area contributed by atoms with E-state index in [1.807, 2.05) is 7.05 Å². The summed E-state index contributed by atoms with van der Waals surface area (Å²) >= 11 is 0. The molecular weight excluding hydrogens is 150 g/mol. The first-order valence-electron chi connectivity index (χ1n) is 4.83. The van der Waals surface area contributed by atoms with Crippen LogP contribution >= 0.6 is 0 Å². The van der Waals surface area contributed by atoms with Crippen molar-refractivity contribution in [3.63, 3.8) is 0 Å². The lowest BCUT2D eigenvalue weighted by atomic mass is 9.90. The van der Waals surface area contributed by atoms with Crippen LogP contribution in [-0.4, -0.2) is 44.7 Å². The molecule has 1 rings (SSSR count). The summed E-state index contributed by atoms with van der Waals surface area (Å²) in [6.45, 7) is 3.22. The van der Waals surface area contributed by atoms with Crippen molar-refractivity contribution in [3.05, 3.63) is 0 Å². The quantitative estimate of drug-likeness (QED) is 0.622. The molecule has 0 aromatic carbocycles. The molecule has 1 saturated heterocycles. The van der Waals surface area contributed by atoms with Crippen LogP contribution < -0.4 is 11.1 Å².